The molecule has 3 aromatic carbocycles. The SMILES string of the molecule is COc1ccc(C=C2c3ccccc3-c3[nH+]c4ccccc4cc32)cc1OC. The molecule has 1 heterocycles. The molecule has 0 bridgehead atoms. The van der Waals surface area contributed by atoms with E-state index in [2.05, 4.69) is 71.7 Å². The van der Waals surface area contributed by atoms with Crippen LogP contribution in [-0.4, -0.2) is 14.2 Å². The Morgan fingerprint density at radius 1 is 0.714 bits per heavy atom. The predicted octanol–water partition coefficient (Wildman–Crippen LogP) is 5.24. The van der Waals surface area contributed by atoms with Crippen LogP contribution in [0.5, 0.6) is 11.5 Å². The zero-order valence-electron chi connectivity index (χ0n) is 15.8. The van der Waals surface area contributed by atoms with E-state index in [0.29, 0.717) is 0 Å². The van der Waals surface area contributed by atoms with Crippen molar-refractivity contribution in [1.29, 1.82) is 0 Å². The Labute approximate surface area is 163 Å². The largest absolute Gasteiger partial charge is 0.493 e. The van der Waals surface area contributed by atoms with E-state index in [1.807, 2.05) is 12.1 Å². The molecule has 136 valence electrons. The second kappa shape index (κ2) is 6.54. The summed E-state index contributed by atoms with van der Waals surface area (Å²) in [5.41, 5.74) is 8.27. The third-order valence-electron chi connectivity index (χ3n) is 5.28. The molecule has 28 heavy (non-hydrogen) atoms. The van der Waals surface area contributed by atoms with E-state index >= 15 is 0 Å². The Bertz CT molecular complexity index is 1240. The molecule has 0 saturated heterocycles. The summed E-state index contributed by atoms with van der Waals surface area (Å²) >= 11 is 0. The zero-order chi connectivity index (χ0) is 19.1. The number of ether oxygens (including phenoxy) is 2. The van der Waals surface area contributed by atoms with Crippen LogP contribution in [-0.2, 0) is 0 Å². The number of methoxy groups -OCH3 is 2. The van der Waals surface area contributed by atoms with Crippen molar-refractivity contribution in [2.24, 2.45) is 0 Å². The van der Waals surface area contributed by atoms with E-state index < -0.39 is 0 Å². The van der Waals surface area contributed by atoms with Crippen LogP contribution in [0.25, 0.3) is 33.8 Å². The van der Waals surface area contributed by atoms with Gasteiger partial charge < -0.3 is 9.47 Å². The molecule has 0 atom stereocenters. The summed E-state index contributed by atoms with van der Waals surface area (Å²) in [5.74, 6) is 1.46. The lowest BCUT2D eigenvalue weighted by molar-refractivity contribution is -0.330. The molecule has 1 aromatic heterocycles. The summed E-state index contributed by atoms with van der Waals surface area (Å²) in [6, 6.07) is 25.2. The van der Waals surface area contributed by atoms with E-state index in [0.717, 1.165) is 22.6 Å². The van der Waals surface area contributed by atoms with Crippen LogP contribution in [0.1, 0.15) is 16.7 Å². The normalized spacial score (nSPS) is 13.4. The highest BCUT2D eigenvalue weighted by Crippen LogP contribution is 2.44. The number of aromatic amines is 1. The number of fused-ring (bicyclic) bond motifs is 4. The first-order valence-electron chi connectivity index (χ1n) is 9.27. The number of hydrogen-bond acceptors (Lipinski definition) is 2. The topological polar surface area (TPSA) is 32.6 Å². The lowest BCUT2D eigenvalue weighted by Gasteiger charge is -2.08. The highest BCUT2D eigenvalue weighted by Gasteiger charge is 2.29. The van der Waals surface area contributed by atoms with E-state index in [1.165, 1.54) is 33.3 Å². The van der Waals surface area contributed by atoms with Crippen LogP contribution in [0.3, 0.4) is 0 Å². The van der Waals surface area contributed by atoms with Gasteiger partial charge in [0.25, 0.3) is 0 Å². The molecular weight excluding hydrogens is 346 g/mol. The lowest BCUT2D eigenvalue weighted by Crippen LogP contribution is -2.08. The maximum atomic E-state index is 5.48. The molecule has 0 amide bonds. The summed E-state index contributed by atoms with van der Waals surface area (Å²) in [7, 11) is 3.32. The summed E-state index contributed by atoms with van der Waals surface area (Å²) in [6.45, 7) is 0. The molecule has 0 unspecified atom stereocenters. The second-order valence-electron chi connectivity index (χ2n) is 6.86. The van der Waals surface area contributed by atoms with Gasteiger partial charge in [-0.25, -0.2) is 4.98 Å². The molecule has 3 nitrogen and oxygen atoms in total. The molecule has 0 aliphatic heterocycles. The van der Waals surface area contributed by atoms with Crippen molar-refractivity contribution >= 4 is 22.6 Å². The van der Waals surface area contributed by atoms with Gasteiger partial charge in [0.15, 0.2) is 11.5 Å². The fourth-order valence-electron chi connectivity index (χ4n) is 3.94. The molecular formula is C25H20NO2+. The first-order chi connectivity index (χ1) is 13.8. The Hall–Kier alpha value is -3.59. The van der Waals surface area contributed by atoms with Gasteiger partial charge in [-0.15, -0.1) is 0 Å². The highest BCUT2D eigenvalue weighted by atomic mass is 16.5. The minimum absolute atomic E-state index is 0.730. The molecule has 3 heteroatoms. The summed E-state index contributed by atoms with van der Waals surface area (Å²) in [4.78, 5) is 3.63. The molecule has 1 aliphatic carbocycles. The Morgan fingerprint density at radius 3 is 2.29 bits per heavy atom. The number of para-hydroxylation sites is 1. The van der Waals surface area contributed by atoms with Gasteiger partial charge in [0, 0.05) is 11.5 Å². The van der Waals surface area contributed by atoms with Gasteiger partial charge >= 0.3 is 0 Å². The van der Waals surface area contributed by atoms with Crippen LogP contribution in [0.15, 0.2) is 72.8 Å². The van der Waals surface area contributed by atoms with Gasteiger partial charge in [0.05, 0.1) is 25.3 Å². The Kier molecular flexibility index (Phi) is 3.87. The average molecular weight is 366 g/mol. The number of H-pyrrole nitrogens is 1. The quantitative estimate of drug-likeness (QED) is 0.437. The second-order valence-corrected chi connectivity index (χ2v) is 6.86. The van der Waals surface area contributed by atoms with Crippen LogP contribution in [0.4, 0.5) is 0 Å². The smallest absolute Gasteiger partial charge is 0.219 e. The molecule has 4 aromatic rings. The molecule has 5 rings (SSSR count). The molecule has 0 spiro atoms. The van der Waals surface area contributed by atoms with Crippen molar-refractivity contribution in [2.45, 2.75) is 0 Å². The number of nitrogens with one attached hydrogen (secondary N) is 1. The standard InChI is InChI=1S/C25H19NO2/c1-27-23-12-11-16(14-24(23)28-2)13-20-18-8-4-5-9-19(18)25-21(20)15-17-7-3-6-10-22(17)26-25/h3-15H,1-2H3/p+1. The van der Waals surface area contributed by atoms with Gasteiger partial charge in [-0.3, -0.25) is 0 Å². The highest BCUT2D eigenvalue weighted by molar-refractivity contribution is 6.06. The number of aromatic nitrogens is 1. The van der Waals surface area contributed by atoms with Crippen molar-refractivity contribution in [3.63, 3.8) is 0 Å². The minimum Gasteiger partial charge on any atom is -0.493 e. The van der Waals surface area contributed by atoms with Gasteiger partial charge in [-0.1, -0.05) is 36.4 Å². The van der Waals surface area contributed by atoms with Gasteiger partial charge in [0.2, 0.25) is 11.2 Å². The summed E-state index contributed by atoms with van der Waals surface area (Å²) in [5, 5.41) is 1.20. The van der Waals surface area contributed by atoms with E-state index in [4.69, 9.17) is 9.47 Å². The third-order valence-corrected chi connectivity index (χ3v) is 5.28. The van der Waals surface area contributed by atoms with Crippen molar-refractivity contribution in [3.8, 4) is 22.8 Å². The summed E-state index contributed by atoms with van der Waals surface area (Å²) in [6.07, 6.45) is 2.22. The number of hydrogen-bond donors (Lipinski definition) is 0. The van der Waals surface area contributed by atoms with Crippen LogP contribution in [0.2, 0.25) is 0 Å². The predicted molar refractivity (Wildman–Crippen MR) is 112 cm³/mol. The van der Waals surface area contributed by atoms with Crippen LogP contribution in [0, 0.1) is 0 Å². The number of benzene rings is 3. The lowest BCUT2D eigenvalue weighted by atomic mass is 10.0. The fraction of sp³-hybridized carbons (Fsp3) is 0.0800. The third kappa shape index (κ3) is 2.55. The van der Waals surface area contributed by atoms with Crippen molar-refractivity contribution in [1.82, 2.24) is 0 Å². The fourth-order valence-corrected chi connectivity index (χ4v) is 3.94. The molecule has 1 N–H and O–H groups in total. The summed E-state index contributed by atoms with van der Waals surface area (Å²) < 4.78 is 10.8. The number of rotatable bonds is 3. The average Bonchev–Trinajstić information content (AvgIpc) is 3.05. The first-order valence-corrected chi connectivity index (χ1v) is 9.27. The monoisotopic (exact) mass is 366 g/mol. The first kappa shape index (κ1) is 16.6. The van der Waals surface area contributed by atoms with E-state index in [-0.39, 0.29) is 0 Å². The van der Waals surface area contributed by atoms with E-state index in [1.54, 1.807) is 14.2 Å². The Morgan fingerprint density at radius 2 is 1.46 bits per heavy atom. The van der Waals surface area contributed by atoms with Crippen molar-refractivity contribution in [2.75, 3.05) is 14.2 Å². The molecule has 0 radical (unpaired) electrons. The minimum atomic E-state index is 0.730. The van der Waals surface area contributed by atoms with Crippen molar-refractivity contribution in [3.05, 3.63) is 89.5 Å². The van der Waals surface area contributed by atoms with Gasteiger partial charge in [-0.2, -0.15) is 0 Å². The maximum Gasteiger partial charge on any atom is 0.219 e. The van der Waals surface area contributed by atoms with Crippen molar-refractivity contribution < 1.29 is 14.5 Å². The van der Waals surface area contributed by atoms with Crippen LogP contribution < -0.4 is 14.5 Å². The van der Waals surface area contributed by atoms with Gasteiger partial charge in [0.1, 0.15) is 0 Å². The maximum absolute atomic E-state index is 5.48. The number of pyridine rings is 1. The Balaban J connectivity index is 1.74. The molecule has 1 aliphatic rings. The molecule has 0 fully saturated rings. The molecule has 0 saturated carbocycles. The zero-order valence-corrected chi connectivity index (χ0v) is 15.8. The van der Waals surface area contributed by atoms with Gasteiger partial charge in [-0.05, 0) is 53.1 Å². The van der Waals surface area contributed by atoms with Crippen LogP contribution >= 0.6 is 0 Å². The van der Waals surface area contributed by atoms with E-state index in [9.17, 15) is 0 Å².